The van der Waals surface area contributed by atoms with Crippen molar-refractivity contribution < 1.29 is 19.1 Å². The van der Waals surface area contributed by atoms with Crippen molar-refractivity contribution in [3.8, 4) is 6.07 Å². The number of ether oxygens (including phenoxy) is 1. The van der Waals surface area contributed by atoms with E-state index in [-0.39, 0.29) is 11.8 Å². The Balaban J connectivity index is 1.63. The first-order chi connectivity index (χ1) is 13.9. The van der Waals surface area contributed by atoms with E-state index < -0.39 is 17.6 Å². The number of nitriles is 1. The number of benzene rings is 1. The minimum absolute atomic E-state index is 0.0803. The average Bonchev–Trinajstić information content (AvgIpc) is 3.19. The van der Waals surface area contributed by atoms with Gasteiger partial charge in [0, 0.05) is 25.7 Å². The number of anilines is 1. The fourth-order valence-electron chi connectivity index (χ4n) is 4.12. The molecule has 0 spiro atoms. The third kappa shape index (κ3) is 4.26. The third-order valence-electron chi connectivity index (χ3n) is 5.98. The number of likely N-dealkylation sites (N-methyl/N-ethyl adjacent to an activating group) is 1. The molecule has 1 saturated carbocycles. The van der Waals surface area contributed by atoms with Crippen LogP contribution in [0.25, 0.3) is 0 Å². The van der Waals surface area contributed by atoms with Gasteiger partial charge in [-0.25, -0.2) is 4.79 Å². The zero-order chi connectivity index (χ0) is 21.0. The first-order valence-electron chi connectivity index (χ1n) is 10.2. The molecule has 2 amide bonds. The van der Waals surface area contributed by atoms with Crippen LogP contribution in [0.4, 0.5) is 5.69 Å². The summed E-state index contributed by atoms with van der Waals surface area (Å²) < 4.78 is 5.37. The van der Waals surface area contributed by atoms with Gasteiger partial charge in [-0.1, -0.05) is 19.3 Å². The van der Waals surface area contributed by atoms with Crippen molar-refractivity contribution in [1.82, 2.24) is 4.90 Å². The van der Waals surface area contributed by atoms with Gasteiger partial charge < -0.3 is 14.5 Å². The summed E-state index contributed by atoms with van der Waals surface area (Å²) in [5, 5.41) is 9.66. The molecule has 3 rings (SSSR count). The number of carbonyl (C=O) groups is 3. The molecule has 1 aliphatic carbocycles. The number of amides is 2. The molecular formula is C22H27N3O4. The molecule has 0 N–H and O–H groups in total. The van der Waals surface area contributed by atoms with Gasteiger partial charge in [-0.05, 0) is 50.5 Å². The lowest BCUT2D eigenvalue weighted by Crippen LogP contribution is -2.53. The van der Waals surface area contributed by atoms with Gasteiger partial charge in [0.15, 0.2) is 6.10 Å². The molecule has 1 aliphatic heterocycles. The smallest absolute Gasteiger partial charge is 0.338 e. The number of esters is 1. The Bertz CT molecular complexity index is 821. The van der Waals surface area contributed by atoms with Crippen molar-refractivity contribution in [2.45, 2.75) is 63.5 Å². The second-order valence-corrected chi connectivity index (χ2v) is 7.84. The molecule has 1 aromatic rings. The Morgan fingerprint density at radius 1 is 1.17 bits per heavy atom. The van der Waals surface area contributed by atoms with E-state index in [0.29, 0.717) is 31.4 Å². The first-order valence-corrected chi connectivity index (χ1v) is 10.2. The normalized spacial score (nSPS) is 19.3. The van der Waals surface area contributed by atoms with Gasteiger partial charge in [-0.15, -0.1) is 0 Å². The number of rotatable bonds is 5. The number of carbonyl (C=O) groups excluding carboxylic acids is 3. The SMILES string of the molecule is C[C@@H](OC(=O)c1ccc(N2CCCC2=O)cc1)C(=O)N(C)C1(C#N)CCCCC1. The second kappa shape index (κ2) is 8.64. The molecule has 7 heteroatoms. The zero-order valence-electron chi connectivity index (χ0n) is 17.0. The Labute approximate surface area is 171 Å². The molecule has 0 bridgehead atoms. The number of hydrogen-bond acceptors (Lipinski definition) is 5. The van der Waals surface area contributed by atoms with Gasteiger partial charge in [0.05, 0.1) is 11.6 Å². The standard InChI is InChI=1S/C22H27N3O4/c1-16(20(27)24(2)22(15-23)12-4-3-5-13-22)29-21(28)17-8-10-18(11-9-17)25-14-6-7-19(25)26/h8-11,16H,3-7,12-14H2,1-2H3/t16-/m1/s1. The summed E-state index contributed by atoms with van der Waals surface area (Å²) in [5.74, 6) is -0.897. The third-order valence-corrected chi connectivity index (χ3v) is 5.98. The fraction of sp³-hybridized carbons (Fsp3) is 0.545. The van der Waals surface area contributed by atoms with E-state index in [0.717, 1.165) is 31.4 Å². The molecule has 1 aromatic carbocycles. The second-order valence-electron chi connectivity index (χ2n) is 7.84. The van der Waals surface area contributed by atoms with Gasteiger partial charge in [0.25, 0.3) is 5.91 Å². The number of nitrogens with zero attached hydrogens (tertiary/aromatic N) is 3. The minimum atomic E-state index is -0.987. The number of hydrogen-bond donors (Lipinski definition) is 0. The van der Waals surface area contributed by atoms with Gasteiger partial charge in [-0.3, -0.25) is 9.59 Å². The summed E-state index contributed by atoms with van der Waals surface area (Å²) in [6.45, 7) is 2.21. The zero-order valence-corrected chi connectivity index (χ0v) is 17.0. The van der Waals surface area contributed by atoms with Crippen molar-refractivity contribution in [2.75, 3.05) is 18.5 Å². The van der Waals surface area contributed by atoms with Crippen LogP contribution in [0.2, 0.25) is 0 Å². The van der Waals surface area contributed by atoms with E-state index in [9.17, 15) is 19.6 Å². The van der Waals surface area contributed by atoms with E-state index >= 15 is 0 Å². The van der Waals surface area contributed by atoms with Crippen molar-refractivity contribution in [3.05, 3.63) is 29.8 Å². The summed E-state index contributed by atoms with van der Waals surface area (Å²) in [6, 6.07) is 8.93. The van der Waals surface area contributed by atoms with Crippen LogP contribution in [-0.2, 0) is 14.3 Å². The Hall–Kier alpha value is -2.88. The molecule has 2 fully saturated rings. The molecular weight excluding hydrogens is 370 g/mol. The van der Waals surface area contributed by atoms with Gasteiger partial charge in [0.1, 0.15) is 5.54 Å². The molecule has 1 heterocycles. The molecule has 1 saturated heterocycles. The predicted octanol–water partition coefficient (Wildman–Crippen LogP) is 3.04. The van der Waals surface area contributed by atoms with Crippen molar-refractivity contribution in [3.63, 3.8) is 0 Å². The summed E-state index contributed by atoms with van der Waals surface area (Å²) in [4.78, 5) is 40.2. The average molecular weight is 397 g/mol. The Morgan fingerprint density at radius 2 is 1.83 bits per heavy atom. The van der Waals surface area contributed by atoms with E-state index in [1.54, 1.807) is 36.2 Å². The largest absolute Gasteiger partial charge is 0.449 e. The van der Waals surface area contributed by atoms with Crippen molar-refractivity contribution in [2.24, 2.45) is 0 Å². The molecule has 0 unspecified atom stereocenters. The van der Waals surface area contributed by atoms with Gasteiger partial charge in [-0.2, -0.15) is 5.26 Å². The van der Waals surface area contributed by atoms with E-state index in [1.807, 2.05) is 0 Å². The topological polar surface area (TPSA) is 90.7 Å². The highest BCUT2D eigenvalue weighted by molar-refractivity contribution is 5.96. The van der Waals surface area contributed by atoms with Crippen LogP contribution in [-0.4, -0.2) is 47.9 Å². The highest BCUT2D eigenvalue weighted by Gasteiger charge is 2.40. The molecule has 1 atom stereocenters. The maximum absolute atomic E-state index is 12.8. The first kappa shape index (κ1) is 20.8. The maximum Gasteiger partial charge on any atom is 0.338 e. The van der Waals surface area contributed by atoms with Crippen molar-refractivity contribution in [1.29, 1.82) is 5.26 Å². The van der Waals surface area contributed by atoms with Gasteiger partial charge >= 0.3 is 5.97 Å². The fourth-order valence-corrected chi connectivity index (χ4v) is 4.12. The van der Waals surface area contributed by atoms with E-state index in [4.69, 9.17) is 4.74 Å². The van der Waals surface area contributed by atoms with Crippen molar-refractivity contribution >= 4 is 23.5 Å². The van der Waals surface area contributed by atoms with E-state index in [1.165, 1.54) is 11.8 Å². The molecule has 0 radical (unpaired) electrons. The lowest BCUT2D eigenvalue weighted by atomic mass is 9.81. The summed E-state index contributed by atoms with van der Waals surface area (Å²) in [5.41, 5.74) is 0.247. The van der Waals surface area contributed by atoms with Gasteiger partial charge in [0.2, 0.25) is 5.91 Å². The summed E-state index contributed by atoms with van der Waals surface area (Å²) >= 11 is 0. The monoisotopic (exact) mass is 397 g/mol. The molecule has 29 heavy (non-hydrogen) atoms. The van der Waals surface area contributed by atoms with Crippen LogP contribution in [0, 0.1) is 11.3 Å². The summed E-state index contributed by atoms with van der Waals surface area (Å²) in [7, 11) is 1.61. The van der Waals surface area contributed by atoms with E-state index in [2.05, 4.69) is 6.07 Å². The van der Waals surface area contributed by atoms with Crippen LogP contribution < -0.4 is 4.90 Å². The highest BCUT2D eigenvalue weighted by Crippen LogP contribution is 2.33. The minimum Gasteiger partial charge on any atom is -0.449 e. The Morgan fingerprint density at radius 3 is 2.38 bits per heavy atom. The Kier molecular flexibility index (Phi) is 6.21. The lowest BCUT2D eigenvalue weighted by Gasteiger charge is -2.39. The predicted molar refractivity (Wildman–Crippen MR) is 107 cm³/mol. The van der Waals surface area contributed by atoms with Crippen LogP contribution >= 0.6 is 0 Å². The van der Waals surface area contributed by atoms with Crippen LogP contribution in [0.5, 0.6) is 0 Å². The highest BCUT2D eigenvalue weighted by atomic mass is 16.5. The molecule has 154 valence electrons. The van der Waals surface area contributed by atoms with Crippen LogP contribution in [0.3, 0.4) is 0 Å². The quantitative estimate of drug-likeness (QED) is 0.712. The van der Waals surface area contributed by atoms with Crippen LogP contribution in [0.15, 0.2) is 24.3 Å². The molecule has 2 aliphatic rings. The summed E-state index contributed by atoms with van der Waals surface area (Å²) in [6.07, 6.45) is 4.55. The molecule has 7 nitrogen and oxygen atoms in total. The molecule has 0 aromatic heterocycles. The lowest BCUT2D eigenvalue weighted by molar-refractivity contribution is -0.143. The maximum atomic E-state index is 12.8. The van der Waals surface area contributed by atoms with Crippen LogP contribution in [0.1, 0.15) is 62.2 Å².